The molecule has 0 radical (unpaired) electrons. The molecule has 2 unspecified atom stereocenters. The van der Waals surface area contributed by atoms with Gasteiger partial charge < -0.3 is 14.6 Å². The topological polar surface area (TPSA) is 99.1 Å². The number of hydrogen-bond donors (Lipinski definition) is 1. The maximum atomic E-state index is 12.6. The number of hydrogen-bond acceptors (Lipinski definition) is 7. The maximum absolute atomic E-state index is 12.6. The van der Waals surface area contributed by atoms with E-state index >= 15 is 0 Å². The van der Waals surface area contributed by atoms with E-state index in [1.54, 1.807) is 24.3 Å². The van der Waals surface area contributed by atoms with E-state index in [-0.39, 0.29) is 33.7 Å². The Hall–Kier alpha value is -2.06. The van der Waals surface area contributed by atoms with Gasteiger partial charge in [-0.05, 0) is 35.4 Å². The van der Waals surface area contributed by atoms with Gasteiger partial charge in [-0.3, -0.25) is 8.75 Å². The monoisotopic (exact) mass is 486 g/mol. The van der Waals surface area contributed by atoms with Crippen LogP contribution in [0.3, 0.4) is 0 Å². The molecule has 2 atom stereocenters. The lowest BCUT2D eigenvalue weighted by Crippen LogP contribution is -2.25. The van der Waals surface area contributed by atoms with E-state index in [1.807, 2.05) is 24.3 Å². The van der Waals surface area contributed by atoms with Gasteiger partial charge in [0.1, 0.15) is 43.2 Å². The van der Waals surface area contributed by atoms with Crippen molar-refractivity contribution in [2.24, 2.45) is 0 Å². The molecule has 10 heteroatoms. The fourth-order valence-corrected chi connectivity index (χ4v) is 3.44. The highest BCUT2D eigenvalue weighted by Gasteiger charge is 2.23. The fourth-order valence-electron chi connectivity index (χ4n) is 2.84. The lowest BCUT2D eigenvalue weighted by Gasteiger charge is -2.26. The molecule has 2 aromatic carbocycles. The summed E-state index contributed by atoms with van der Waals surface area (Å²) in [6.07, 6.45) is -0.159. The first-order valence-corrected chi connectivity index (χ1v) is 12.6. The van der Waals surface area contributed by atoms with Gasteiger partial charge in [-0.2, -0.15) is 8.42 Å². The SMILES string of the molecule is CC(C)(c1ccc(OCC(O)COS(C)(=O)=O)cc1)c1ccc(OCC(CF)P=O)cc1. The Morgan fingerprint density at radius 2 is 1.41 bits per heavy atom. The fraction of sp³-hybridized carbons (Fsp3) is 0.455. The molecule has 2 rings (SSSR count). The molecule has 0 aliphatic carbocycles. The summed E-state index contributed by atoms with van der Waals surface area (Å²) in [5, 5.41) is 9.77. The smallest absolute Gasteiger partial charge is 0.264 e. The van der Waals surface area contributed by atoms with Crippen LogP contribution in [0.25, 0.3) is 0 Å². The molecular formula is C22H28FO7PS. The van der Waals surface area contributed by atoms with E-state index < -0.39 is 28.6 Å². The number of benzene rings is 2. The molecule has 0 heterocycles. The predicted octanol–water partition coefficient (Wildman–Crippen LogP) is 3.74. The van der Waals surface area contributed by atoms with Crippen molar-refractivity contribution in [3.8, 4) is 11.5 Å². The van der Waals surface area contributed by atoms with Crippen molar-refractivity contribution in [3.05, 3.63) is 59.7 Å². The zero-order valence-electron chi connectivity index (χ0n) is 18.2. The van der Waals surface area contributed by atoms with Gasteiger partial charge in [0.05, 0.1) is 12.9 Å². The van der Waals surface area contributed by atoms with E-state index in [9.17, 15) is 22.5 Å². The predicted molar refractivity (Wildman–Crippen MR) is 120 cm³/mol. The van der Waals surface area contributed by atoms with Gasteiger partial charge >= 0.3 is 0 Å². The third-order valence-electron chi connectivity index (χ3n) is 4.84. The van der Waals surface area contributed by atoms with Crippen LogP contribution in [0.15, 0.2) is 48.5 Å². The van der Waals surface area contributed by atoms with E-state index in [1.165, 1.54) is 0 Å². The van der Waals surface area contributed by atoms with E-state index in [0.29, 0.717) is 11.5 Å². The Morgan fingerprint density at radius 3 is 1.81 bits per heavy atom. The molecule has 0 saturated carbocycles. The van der Waals surface area contributed by atoms with Gasteiger partial charge in [-0.15, -0.1) is 0 Å². The maximum Gasteiger partial charge on any atom is 0.264 e. The molecule has 0 aliphatic heterocycles. The summed E-state index contributed by atoms with van der Waals surface area (Å²) >= 11 is 0. The first-order valence-electron chi connectivity index (χ1n) is 9.92. The second kappa shape index (κ2) is 11.7. The van der Waals surface area contributed by atoms with Crippen molar-refractivity contribution in [1.82, 2.24) is 0 Å². The number of halogens is 1. The van der Waals surface area contributed by atoms with E-state index in [0.717, 1.165) is 17.4 Å². The Labute approximate surface area is 189 Å². The average molecular weight is 486 g/mol. The van der Waals surface area contributed by atoms with Crippen molar-refractivity contribution in [1.29, 1.82) is 0 Å². The van der Waals surface area contributed by atoms with Crippen LogP contribution < -0.4 is 9.47 Å². The molecule has 0 bridgehead atoms. The van der Waals surface area contributed by atoms with Crippen LogP contribution in [0.2, 0.25) is 0 Å². The van der Waals surface area contributed by atoms with E-state index in [2.05, 4.69) is 18.0 Å². The Kier molecular flexibility index (Phi) is 9.58. The highest BCUT2D eigenvalue weighted by atomic mass is 32.2. The third-order valence-corrected chi connectivity index (χ3v) is 5.99. The van der Waals surface area contributed by atoms with Crippen LogP contribution in [-0.4, -0.2) is 58.0 Å². The summed E-state index contributed by atoms with van der Waals surface area (Å²) < 4.78 is 60.9. The summed E-state index contributed by atoms with van der Waals surface area (Å²) in [6, 6.07) is 14.8. The summed E-state index contributed by atoms with van der Waals surface area (Å²) in [4.78, 5) is 0. The molecule has 7 nitrogen and oxygen atoms in total. The zero-order chi connectivity index (χ0) is 23.8. The van der Waals surface area contributed by atoms with Crippen LogP contribution in [0.1, 0.15) is 25.0 Å². The minimum Gasteiger partial charge on any atom is -0.492 e. The third kappa shape index (κ3) is 8.13. The molecule has 0 fully saturated rings. The Bertz CT molecular complexity index is 963. The normalized spacial score (nSPS) is 14.2. The van der Waals surface area contributed by atoms with Crippen molar-refractivity contribution >= 4 is 18.6 Å². The molecule has 32 heavy (non-hydrogen) atoms. The molecule has 1 N–H and O–H groups in total. The van der Waals surface area contributed by atoms with Crippen molar-refractivity contribution in [3.63, 3.8) is 0 Å². The number of aliphatic hydroxyl groups excluding tert-OH is 1. The molecule has 0 saturated heterocycles. The summed E-state index contributed by atoms with van der Waals surface area (Å²) in [7, 11) is -3.89. The molecule has 0 aliphatic rings. The van der Waals surface area contributed by atoms with Crippen LogP contribution in [-0.2, 0) is 24.3 Å². The molecule has 2 aromatic rings. The van der Waals surface area contributed by atoms with Gasteiger partial charge in [0.2, 0.25) is 0 Å². The zero-order valence-corrected chi connectivity index (χ0v) is 19.9. The number of rotatable bonds is 13. The standard InChI is InChI=1S/C22H28FO7PS/c1-22(2,17-6-10-20(11-7-17)29-15-21(12-23)31-25)16-4-8-19(9-5-16)28-13-18(24)14-30-32(3,26)27/h4-11,18,21,24H,12-15H2,1-3H3. The largest absolute Gasteiger partial charge is 0.492 e. The molecule has 0 amide bonds. The Morgan fingerprint density at radius 1 is 0.938 bits per heavy atom. The van der Waals surface area contributed by atoms with Crippen molar-refractivity contribution in [2.75, 3.05) is 32.8 Å². The van der Waals surface area contributed by atoms with Gasteiger partial charge in [-0.25, -0.2) is 4.39 Å². The van der Waals surface area contributed by atoms with Crippen LogP contribution >= 0.6 is 8.46 Å². The summed E-state index contributed by atoms with van der Waals surface area (Å²) in [6.45, 7) is 3.01. The second-order valence-electron chi connectivity index (χ2n) is 7.85. The van der Waals surface area contributed by atoms with Crippen molar-refractivity contribution in [2.45, 2.75) is 31.0 Å². The highest BCUT2D eigenvalue weighted by Crippen LogP contribution is 2.33. The first kappa shape index (κ1) is 26.2. The minimum atomic E-state index is -3.61. The number of aliphatic hydroxyl groups is 1. The first-order chi connectivity index (χ1) is 15.0. The van der Waals surface area contributed by atoms with Crippen LogP contribution in [0.5, 0.6) is 11.5 Å². The molecule has 0 aromatic heterocycles. The lowest BCUT2D eigenvalue weighted by atomic mass is 9.78. The van der Waals surface area contributed by atoms with Crippen molar-refractivity contribution < 1.29 is 36.1 Å². The number of ether oxygens (including phenoxy) is 2. The Balaban J connectivity index is 1.96. The van der Waals surface area contributed by atoms with E-state index in [4.69, 9.17) is 9.47 Å². The van der Waals surface area contributed by atoms with Gasteiger partial charge in [0.25, 0.3) is 10.1 Å². The van der Waals surface area contributed by atoms with Gasteiger partial charge in [0, 0.05) is 5.41 Å². The summed E-state index contributed by atoms with van der Waals surface area (Å²) in [5.74, 6) is 1.11. The molecule has 0 spiro atoms. The molecular weight excluding hydrogens is 458 g/mol. The quantitative estimate of drug-likeness (QED) is 0.340. The lowest BCUT2D eigenvalue weighted by molar-refractivity contribution is 0.0652. The van der Waals surface area contributed by atoms with Crippen LogP contribution in [0, 0.1) is 0 Å². The number of alkyl halides is 1. The molecule has 176 valence electrons. The van der Waals surface area contributed by atoms with Gasteiger partial charge in [0.15, 0.2) is 8.46 Å². The average Bonchev–Trinajstić information content (AvgIpc) is 2.77. The second-order valence-corrected chi connectivity index (χ2v) is 10.4. The van der Waals surface area contributed by atoms with Gasteiger partial charge in [-0.1, -0.05) is 38.1 Å². The van der Waals surface area contributed by atoms with Crippen LogP contribution in [0.4, 0.5) is 4.39 Å². The summed E-state index contributed by atoms with van der Waals surface area (Å²) in [5.41, 5.74) is 1.08. The minimum absolute atomic E-state index is 0.0425. The highest BCUT2D eigenvalue weighted by molar-refractivity contribution is 7.85.